The summed E-state index contributed by atoms with van der Waals surface area (Å²) in [4.78, 5) is 22.7. The van der Waals surface area contributed by atoms with Crippen molar-refractivity contribution in [3.8, 4) is 0 Å². The van der Waals surface area contributed by atoms with Crippen molar-refractivity contribution in [2.75, 3.05) is 17.3 Å². The van der Waals surface area contributed by atoms with Crippen LogP contribution in [0, 0.1) is 6.92 Å². The summed E-state index contributed by atoms with van der Waals surface area (Å²) in [5, 5.41) is 2.85. The molecule has 5 heteroatoms. The number of carbonyl (C=O) groups is 1. The quantitative estimate of drug-likeness (QED) is 0.795. The molecule has 1 aromatic heterocycles. The topological polar surface area (TPSA) is 58.1 Å². The van der Waals surface area contributed by atoms with Crippen molar-refractivity contribution in [1.82, 2.24) is 9.97 Å². The van der Waals surface area contributed by atoms with E-state index in [9.17, 15) is 4.79 Å². The number of carbonyl (C=O) groups excluding carboxylic acids is 1. The Balaban J connectivity index is 1.73. The molecule has 24 heavy (non-hydrogen) atoms. The van der Waals surface area contributed by atoms with Gasteiger partial charge in [-0.25, -0.2) is 9.97 Å². The molecule has 0 aliphatic rings. The fourth-order valence-electron chi connectivity index (χ4n) is 2.30. The Morgan fingerprint density at radius 2 is 1.71 bits per heavy atom. The Bertz CT molecular complexity index is 832. The van der Waals surface area contributed by atoms with E-state index in [0.29, 0.717) is 11.5 Å². The van der Waals surface area contributed by atoms with Gasteiger partial charge < -0.3 is 10.2 Å². The zero-order chi connectivity index (χ0) is 16.9. The van der Waals surface area contributed by atoms with E-state index < -0.39 is 0 Å². The lowest BCUT2D eigenvalue weighted by molar-refractivity contribution is 0.102. The van der Waals surface area contributed by atoms with Crippen LogP contribution in [0.2, 0.25) is 0 Å². The van der Waals surface area contributed by atoms with Crippen LogP contribution < -0.4 is 10.2 Å². The maximum atomic E-state index is 12.3. The highest BCUT2D eigenvalue weighted by Gasteiger charge is 2.10. The number of anilines is 3. The summed E-state index contributed by atoms with van der Waals surface area (Å²) in [7, 11) is 1.89. The molecular weight excluding hydrogens is 300 g/mol. The van der Waals surface area contributed by atoms with E-state index in [1.54, 1.807) is 0 Å². The minimum Gasteiger partial charge on any atom is -0.322 e. The van der Waals surface area contributed by atoms with Crippen LogP contribution in [0.25, 0.3) is 0 Å². The van der Waals surface area contributed by atoms with E-state index in [0.717, 1.165) is 16.9 Å². The third-order valence-corrected chi connectivity index (χ3v) is 3.62. The second-order valence-electron chi connectivity index (χ2n) is 5.49. The largest absolute Gasteiger partial charge is 0.322 e. The fraction of sp³-hybridized carbons (Fsp3) is 0.105. The van der Waals surface area contributed by atoms with Crippen molar-refractivity contribution in [2.24, 2.45) is 0 Å². The highest BCUT2D eigenvalue weighted by molar-refractivity contribution is 6.03. The van der Waals surface area contributed by atoms with E-state index in [1.165, 1.54) is 12.4 Å². The maximum Gasteiger partial charge on any atom is 0.258 e. The van der Waals surface area contributed by atoms with E-state index in [1.807, 2.05) is 73.5 Å². The summed E-state index contributed by atoms with van der Waals surface area (Å²) in [6.07, 6.45) is 3.07. The number of aryl methyl sites for hydroxylation is 1. The van der Waals surface area contributed by atoms with Crippen LogP contribution in [0.5, 0.6) is 0 Å². The average molecular weight is 318 g/mol. The van der Waals surface area contributed by atoms with Crippen molar-refractivity contribution in [3.63, 3.8) is 0 Å². The second-order valence-corrected chi connectivity index (χ2v) is 5.49. The van der Waals surface area contributed by atoms with Gasteiger partial charge in [0.15, 0.2) is 0 Å². The van der Waals surface area contributed by atoms with Crippen LogP contribution in [0.4, 0.5) is 17.3 Å². The first-order chi connectivity index (χ1) is 11.6. The van der Waals surface area contributed by atoms with Gasteiger partial charge in [0, 0.05) is 30.8 Å². The third kappa shape index (κ3) is 3.57. The van der Waals surface area contributed by atoms with Crippen molar-refractivity contribution in [1.29, 1.82) is 0 Å². The van der Waals surface area contributed by atoms with Gasteiger partial charge in [-0.15, -0.1) is 0 Å². The van der Waals surface area contributed by atoms with Crippen LogP contribution in [0.3, 0.4) is 0 Å². The first-order valence-corrected chi connectivity index (χ1v) is 7.62. The predicted molar refractivity (Wildman–Crippen MR) is 95.7 cm³/mol. The van der Waals surface area contributed by atoms with Crippen molar-refractivity contribution in [2.45, 2.75) is 6.92 Å². The lowest BCUT2D eigenvalue weighted by atomic mass is 10.2. The fourth-order valence-corrected chi connectivity index (χ4v) is 2.30. The number of hydrogen-bond acceptors (Lipinski definition) is 4. The highest BCUT2D eigenvalue weighted by Crippen LogP contribution is 2.19. The molecule has 0 saturated heterocycles. The monoisotopic (exact) mass is 318 g/mol. The molecule has 120 valence electrons. The molecule has 1 heterocycles. The van der Waals surface area contributed by atoms with Gasteiger partial charge in [-0.05, 0) is 36.8 Å². The number of hydrogen-bond donors (Lipinski definition) is 1. The Morgan fingerprint density at radius 3 is 2.38 bits per heavy atom. The van der Waals surface area contributed by atoms with Gasteiger partial charge in [0.25, 0.3) is 5.91 Å². The number of para-hydroxylation sites is 1. The summed E-state index contributed by atoms with van der Waals surface area (Å²) >= 11 is 0. The molecule has 0 radical (unpaired) electrons. The molecule has 1 amide bonds. The average Bonchev–Trinajstić information content (AvgIpc) is 2.62. The molecule has 0 saturated carbocycles. The van der Waals surface area contributed by atoms with E-state index in [4.69, 9.17) is 0 Å². The SMILES string of the molecule is Cc1cccc(NC(=O)c2cnc(N(C)c3ccccc3)nc2)c1. The lowest BCUT2D eigenvalue weighted by Gasteiger charge is -2.16. The number of nitrogens with zero attached hydrogens (tertiary/aromatic N) is 3. The smallest absolute Gasteiger partial charge is 0.258 e. The number of benzene rings is 2. The number of aromatic nitrogens is 2. The Labute approximate surface area is 141 Å². The van der Waals surface area contributed by atoms with Gasteiger partial charge in [-0.1, -0.05) is 30.3 Å². The first-order valence-electron chi connectivity index (χ1n) is 7.62. The highest BCUT2D eigenvalue weighted by atomic mass is 16.1. The molecule has 2 aromatic carbocycles. The summed E-state index contributed by atoms with van der Waals surface area (Å²) in [6.45, 7) is 1.98. The van der Waals surface area contributed by atoms with Gasteiger partial charge in [0.2, 0.25) is 5.95 Å². The third-order valence-electron chi connectivity index (χ3n) is 3.62. The van der Waals surface area contributed by atoms with Crippen LogP contribution in [0.15, 0.2) is 67.0 Å². The first kappa shape index (κ1) is 15.7. The van der Waals surface area contributed by atoms with Crippen molar-refractivity contribution in [3.05, 3.63) is 78.1 Å². The van der Waals surface area contributed by atoms with Gasteiger partial charge >= 0.3 is 0 Å². The van der Waals surface area contributed by atoms with Crippen LogP contribution in [-0.2, 0) is 0 Å². The second kappa shape index (κ2) is 6.91. The van der Waals surface area contributed by atoms with Crippen LogP contribution in [0.1, 0.15) is 15.9 Å². The minimum absolute atomic E-state index is 0.227. The molecule has 3 rings (SSSR count). The van der Waals surface area contributed by atoms with Gasteiger partial charge in [-0.2, -0.15) is 0 Å². The van der Waals surface area contributed by atoms with Crippen LogP contribution in [-0.4, -0.2) is 22.9 Å². The Morgan fingerprint density at radius 1 is 1.00 bits per heavy atom. The normalized spacial score (nSPS) is 10.2. The molecule has 0 atom stereocenters. The number of rotatable bonds is 4. The van der Waals surface area contributed by atoms with Gasteiger partial charge in [0.05, 0.1) is 5.56 Å². The molecule has 3 aromatic rings. The molecule has 0 aliphatic heterocycles. The van der Waals surface area contributed by atoms with E-state index in [2.05, 4.69) is 15.3 Å². The molecule has 0 bridgehead atoms. The number of nitrogens with one attached hydrogen (secondary N) is 1. The van der Waals surface area contributed by atoms with E-state index >= 15 is 0 Å². The molecule has 5 nitrogen and oxygen atoms in total. The minimum atomic E-state index is -0.227. The summed E-state index contributed by atoms with van der Waals surface area (Å²) in [5.41, 5.74) is 3.24. The van der Waals surface area contributed by atoms with E-state index in [-0.39, 0.29) is 5.91 Å². The van der Waals surface area contributed by atoms with Crippen LogP contribution >= 0.6 is 0 Å². The molecular formula is C19H18N4O. The van der Waals surface area contributed by atoms with Crippen molar-refractivity contribution < 1.29 is 4.79 Å². The Hall–Kier alpha value is -3.21. The predicted octanol–water partition coefficient (Wildman–Crippen LogP) is 3.81. The molecule has 1 N–H and O–H groups in total. The van der Waals surface area contributed by atoms with Gasteiger partial charge in [0.1, 0.15) is 0 Å². The maximum absolute atomic E-state index is 12.3. The summed E-state index contributed by atoms with van der Waals surface area (Å²) in [6, 6.07) is 17.5. The molecule has 0 spiro atoms. The molecule has 0 fully saturated rings. The zero-order valence-corrected chi connectivity index (χ0v) is 13.6. The van der Waals surface area contributed by atoms with Crippen molar-refractivity contribution >= 4 is 23.2 Å². The summed E-state index contributed by atoms with van der Waals surface area (Å²) < 4.78 is 0. The molecule has 0 aliphatic carbocycles. The summed E-state index contributed by atoms with van der Waals surface area (Å²) in [5.74, 6) is 0.308. The zero-order valence-electron chi connectivity index (χ0n) is 13.6. The Kier molecular flexibility index (Phi) is 4.52. The van der Waals surface area contributed by atoms with Gasteiger partial charge in [-0.3, -0.25) is 4.79 Å². The number of amides is 1. The standard InChI is InChI=1S/C19H18N4O/c1-14-7-6-8-16(11-14)22-18(24)15-12-20-19(21-13-15)23(2)17-9-4-3-5-10-17/h3-13H,1-2H3,(H,22,24). The lowest BCUT2D eigenvalue weighted by Crippen LogP contribution is -2.16. The molecule has 0 unspecified atom stereocenters.